The van der Waals surface area contributed by atoms with Crippen molar-refractivity contribution in [2.75, 3.05) is 63.1 Å². The van der Waals surface area contributed by atoms with Gasteiger partial charge in [0.1, 0.15) is 0 Å². The summed E-state index contributed by atoms with van der Waals surface area (Å²) in [4.78, 5) is 65.2. The number of nitrogens with one attached hydrogen (secondary N) is 4. The van der Waals surface area contributed by atoms with Gasteiger partial charge in [-0.25, -0.2) is 9.97 Å². The molecule has 4 atom stereocenters. The highest BCUT2D eigenvalue weighted by molar-refractivity contribution is 7.18. The Labute approximate surface area is 341 Å². The van der Waals surface area contributed by atoms with Crippen molar-refractivity contribution in [3.05, 3.63) is 67.2 Å². The lowest BCUT2D eigenvalue weighted by molar-refractivity contribution is -0.118. The van der Waals surface area contributed by atoms with Crippen LogP contribution in [0.25, 0.3) is 0 Å². The van der Waals surface area contributed by atoms with Crippen molar-refractivity contribution in [2.45, 2.75) is 74.7 Å². The van der Waals surface area contributed by atoms with Gasteiger partial charge in [-0.15, -0.1) is 45.3 Å². The lowest BCUT2D eigenvalue weighted by Gasteiger charge is -2.37. The van der Waals surface area contributed by atoms with Crippen LogP contribution >= 0.6 is 45.3 Å². The van der Waals surface area contributed by atoms with Gasteiger partial charge in [-0.05, 0) is 49.9 Å². The maximum atomic E-state index is 12.9. The summed E-state index contributed by atoms with van der Waals surface area (Å²) in [6, 6.07) is 6.49. The van der Waals surface area contributed by atoms with Crippen LogP contribution in [0, 0.1) is 0 Å². The Bertz CT molecular complexity index is 1800. The molecule has 4 aromatic rings. The highest BCUT2D eigenvalue weighted by Gasteiger charge is 2.36. The molecule has 4 N–H and O–H groups in total. The summed E-state index contributed by atoms with van der Waals surface area (Å²) in [5.74, 6) is 0.399. The minimum Gasteiger partial charge on any atom is -0.377 e. The van der Waals surface area contributed by atoms with Crippen LogP contribution < -0.4 is 21.3 Å². The van der Waals surface area contributed by atoms with E-state index in [0.717, 1.165) is 35.7 Å². The number of carbonyl (C=O) groups excluding carboxylic acids is 4. The Hall–Kier alpha value is -3.62. The molecule has 0 unspecified atom stereocenters. The molecule has 4 aliphatic rings. The number of nitrogens with zero attached hydrogens (tertiary/aromatic N) is 4. The normalized spacial score (nSPS) is 22.6. The molecule has 0 aliphatic carbocycles. The Kier molecular flexibility index (Phi) is 12.8. The zero-order valence-electron chi connectivity index (χ0n) is 30.9. The second-order valence-corrected chi connectivity index (χ2v) is 18.7. The first-order valence-electron chi connectivity index (χ1n) is 19.2. The molecule has 4 saturated heterocycles. The minimum absolute atomic E-state index is 0.00493. The smallest absolute Gasteiger partial charge is 0.264 e. The summed E-state index contributed by atoms with van der Waals surface area (Å²) in [5, 5.41) is 19.9. The maximum Gasteiger partial charge on any atom is 0.264 e. The van der Waals surface area contributed by atoms with Crippen molar-refractivity contribution < 1.29 is 28.7 Å². The monoisotopic (exact) mass is 838 g/mol. The quantitative estimate of drug-likeness (QED) is 0.108. The summed E-state index contributed by atoms with van der Waals surface area (Å²) in [6.07, 6.45) is 8.73. The van der Waals surface area contributed by atoms with E-state index in [2.05, 4.69) is 31.2 Å². The van der Waals surface area contributed by atoms with Gasteiger partial charge < -0.3 is 40.5 Å². The minimum atomic E-state index is -0.332. The second kappa shape index (κ2) is 18.3. The predicted octanol–water partition coefficient (Wildman–Crippen LogP) is 4.83. The van der Waals surface area contributed by atoms with E-state index >= 15 is 0 Å². The topological polar surface area (TPSA) is 167 Å². The van der Waals surface area contributed by atoms with Gasteiger partial charge in [0.05, 0.1) is 54.1 Å². The van der Waals surface area contributed by atoms with Crippen molar-refractivity contribution in [2.24, 2.45) is 0 Å². The average Bonchev–Trinajstić information content (AvgIpc) is 4.00. The summed E-state index contributed by atoms with van der Waals surface area (Å²) in [6.45, 7) is 5.26. The lowest BCUT2D eigenvalue weighted by Crippen LogP contribution is -2.48. The molecular formula is C38H46N8O6S4. The fourth-order valence-electron chi connectivity index (χ4n) is 7.36. The largest absolute Gasteiger partial charge is 0.377 e. The molecule has 4 amide bonds. The molecule has 298 valence electrons. The third kappa shape index (κ3) is 9.56. The first-order chi connectivity index (χ1) is 27.4. The van der Waals surface area contributed by atoms with E-state index in [1.165, 1.54) is 22.7 Å². The van der Waals surface area contributed by atoms with Gasteiger partial charge in [-0.1, -0.05) is 12.8 Å². The molecule has 0 spiro atoms. The third-order valence-corrected chi connectivity index (χ3v) is 14.5. The van der Waals surface area contributed by atoms with Gasteiger partial charge >= 0.3 is 0 Å². The molecule has 18 heteroatoms. The van der Waals surface area contributed by atoms with Crippen molar-refractivity contribution in [3.63, 3.8) is 0 Å². The van der Waals surface area contributed by atoms with E-state index in [4.69, 9.17) is 9.47 Å². The van der Waals surface area contributed by atoms with Gasteiger partial charge in [0, 0.05) is 87.5 Å². The van der Waals surface area contributed by atoms with Gasteiger partial charge in [0.15, 0.2) is 0 Å². The number of amides is 4. The number of anilines is 2. The van der Waals surface area contributed by atoms with E-state index in [-0.39, 0.29) is 47.9 Å². The maximum absolute atomic E-state index is 12.9. The zero-order chi connectivity index (χ0) is 38.4. The fourth-order valence-corrected chi connectivity index (χ4v) is 10.6. The van der Waals surface area contributed by atoms with E-state index in [1.807, 2.05) is 20.6 Å². The Morgan fingerprint density at radius 3 is 1.52 bits per heavy atom. The lowest BCUT2D eigenvalue weighted by atomic mass is 10.0. The number of rotatable bonds is 17. The van der Waals surface area contributed by atoms with Crippen LogP contribution in [-0.2, 0) is 19.1 Å². The molecule has 0 radical (unpaired) electrons. The highest BCUT2D eigenvalue weighted by atomic mass is 32.1. The van der Waals surface area contributed by atoms with Crippen molar-refractivity contribution >= 4 is 79.0 Å². The molecular weight excluding hydrogens is 793 g/mol. The standard InChI is InChI=1S/C38H46N8O6S4/c47-33(43-31-7-5-29(55-31)37(49)45-19-23(20-45)35-39-9-13-53-35)27-15-25(17-41-27)51-11-3-1-2-4-12-52-26-16-28(42-18-26)34(48)44-32-8-6-30(56-32)38(50)46-21-24(22-46)36-40-10-14-54-36/h5-10,13-14,23-28,41-42H,1-4,11-12,15-22H2,(H,43,47)(H,44,48)/t25-,26-,27+,28+/m1/s1. The van der Waals surface area contributed by atoms with Crippen LogP contribution in [0.4, 0.5) is 10.0 Å². The highest BCUT2D eigenvalue weighted by Crippen LogP contribution is 2.33. The number of aromatic nitrogens is 2. The van der Waals surface area contributed by atoms with E-state index in [1.54, 1.807) is 59.3 Å². The molecule has 0 saturated carbocycles. The van der Waals surface area contributed by atoms with Crippen LogP contribution in [-0.4, -0.2) is 120 Å². The van der Waals surface area contributed by atoms with Crippen molar-refractivity contribution in [3.8, 4) is 0 Å². The van der Waals surface area contributed by atoms with Crippen LogP contribution in [0.15, 0.2) is 47.4 Å². The first kappa shape index (κ1) is 39.2. The van der Waals surface area contributed by atoms with Gasteiger partial charge in [-0.2, -0.15) is 0 Å². The number of thiophene rings is 2. The second-order valence-electron chi connectivity index (χ2n) is 14.7. The molecule has 4 aromatic heterocycles. The molecule has 8 rings (SSSR count). The van der Waals surface area contributed by atoms with Gasteiger partial charge in [0.25, 0.3) is 11.8 Å². The number of hydrogen-bond donors (Lipinski definition) is 4. The summed E-state index contributed by atoms with van der Waals surface area (Å²) in [7, 11) is 0. The van der Waals surface area contributed by atoms with Crippen LogP contribution in [0.3, 0.4) is 0 Å². The van der Waals surface area contributed by atoms with E-state index < -0.39 is 0 Å². The zero-order valence-corrected chi connectivity index (χ0v) is 34.1. The van der Waals surface area contributed by atoms with Crippen LogP contribution in [0.5, 0.6) is 0 Å². The molecule has 56 heavy (non-hydrogen) atoms. The number of carbonyl (C=O) groups is 4. The third-order valence-electron chi connectivity index (χ3n) is 10.6. The van der Waals surface area contributed by atoms with Gasteiger partial charge in [0.2, 0.25) is 11.8 Å². The number of ether oxygens (including phenoxy) is 2. The Morgan fingerprint density at radius 2 is 1.11 bits per heavy atom. The number of likely N-dealkylation sites (tertiary alicyclic amines) is 2. The van der Waals surface area contributed by atoms with Crippen molar-refractivity contribution in [1.82, 2.24) is 30.4 Å². The molecule has 0 aromatic carbocycles. The Balaban J connectivity index is 0.640. The molecule has 4 fully saturated rings. The predicted molar refractivity (Wildman–Crippen MR) is 218 cm³/mol. The van der Waals surface area contributed by atoms with Crippen LogP contribution in [0.2, 0.25) is 0 Å². The average molecular weight is 839 g/mol. The number of hydrogen-bond acceptors (Lipinski definition) is 14. The first-order valence-corrected chi connectivity index (χ1v) is 22.6. The molecule has 14 nitrogen and oxygen atoms in total. The molecule has 4 aliphatic heterocycles. The van der Waals surface area contributed by atoms with Crippen LogP contribution in [0.1, 0.15) is 79.7 Å². The van der Waals surface area contributed by atoms with E-state index in [0.29, 0.717) is 96.9 Å². The summed E-state index contributed by atoms with van der Waals surface area (Å²) in [5.41, 5.74) is 0. The SMILES string of the molecule is O=C(Nc1ccc(C(=O)N2CC(c3nccs3)C2)s1)[C@@H]1C[C@@H](OCCCCCCO[C@H]2CN[C@H](C(=O)Nc3ccc(C(=O)N4CC(c5nccs5)C4)s3)C2)CN1. The van der Waals surface area contributed by atoms with Gasteiger partial charge in [-0.3, -0.25) is 19.2 Å². The number of unbranched alkanes of at least 4 members (excludes halogenated alkanes) is 3. The van der Waals surface area contributed by atoms with E-state index in [9.17, 15) is 19.2 Å². The molecule has 8 heterocycles. The molecule has 0 bridgehead atoms. The fraction of sp³-hybridized carbons (Fsp3) is 0.526. The summed E-state index contributed by atoms with van der Waals surface area (Å²) < 4.78 is 12.1. The van der Waals surface area contributed by atoms with Crippen molar-refractivity contribution in [1.29, 1.82) is 0 Å². The Morgan fingerprint density at radius 1 is 0.661 bits per heavy atom. The number of thiazole rings is 2. The summed E-state index contributed by atoms with van der Waals surface area (Å²) >= 11 is 5.87.